The van der Waals surface area contributed by atoms with Gasteiger partial charge in [-0.1, -0.05) is 49.5 Å². The molecule has 28 heavy (non-hydrogen) atoms. The van der Waals surface area contributed by atoms with E-state index in [2.05, 4.69) is 14.7 Å². The van der Waals surface area contributed by atoms with Gasteiger partial charge in [-0.05, 0) is 43.5 Å². The van der Waals surface area contributed by atoms with Crippen LogP contribution in [0, 0.1) is 0 Å². The minimum absolute atomic E-state index is 0.0100. The Labute approximate surface area is 174 Å². The van der Waals surface area contributed by atoms with Crippen molar-refractivity contribution >= 4 is 33.4 Å². The zero-order chi connectivity index (χ0) is 20.1. The van der Waals surface area contributed by atoms with Crippen molar-refractivity contribution in [3.8, 4) is 0 Å². The number of rotatable bonds is 7. The predicted octanol–water partition coefficient (Wildman–Crippen LogP) is 3.76. The minimum Gasteiger partial charge on any atom is -0.301 e. The van der Waals surface area contributed by atoms with E-state index in [9.17, 15) is 13.2 Å². The number of hydrogen-bond acceptors (Lipinski definition) is 5. The van der Waals surface area contributed by atoms with Gasteiger partial charge in [0, 0.05) is 28.1 Å². The summed E-state index contributed by atoms with van der Waals surface area (Å²) in [4.78, 5) is 19.4. The average molecular weight is 442 g/mol. The van der Waals surface area contributed by atoms with Crippen LogP contribution in [0.2, 0.25) is 5.02 Å². The first-order chi connectivity index (χ1) is 13.4. The lowest BCUT2D eigenvalue weighted by atomic mass is 9.96. The highest BCUT2D eigenvalue weighted by molar-refractivity contribution is 7.99. The predicted molar refractivity (Wildman–Crippen MR) is 113 cm³/mol. The number of sulfonamides is 1. The van der Waals surface area contributed by atoms with Crippen LogP contribution in [0.15, 0.2) is 45.2 Å². The quantitative estimate of drug-likeness (QED) is 0.638. The van der Waals surface area contributed by atoms with Crippen LogP contribution in [0.5, 0.6) is 0 Å². The van der Waals surface area contributed by atoms with E-state index in [-0.39, 0.29) is 21.7 Å². The van der Waals surface area contributed by atoms with Crippen LogP contribution < -0.4 is 10.3 Å². The number of H-pyrrole nitrogens is 1. The fourth-order valence-corrected chi connectivity index (χ4v) is 6.11. The summed E-state index contributed by atoms with van der Waals surface area (Å²) in [6, 6.07) is 7.44. The lowest BCUT2D eigenvalue weighted by Gasteiger charge is -2.31. The first-order valence-corrected chi connectivity index (χ1v) is 12.2. The SMILES string of the molecule is CCCc1cc(=O)[nH]c(S[C@H]2CCCC[C@@H]2NS(=O)(=O)c2ccc(Cl)cc2)n1. The Bertz CT molecular complexity index is 961. The summed E-state index contributed by atoms with van der Waals surface area (Å²) in [5.74, 6) is 0. The summed E-state index contributed by atoms with van der Waals surface area (Å²) in [5.41, 5.74) is 0.595. The van der Waals surface area contributed by atoms with Crippen molar-refractivity contribution in [3.05, 3.63) is 51.4 Å². The van der Waals surface area contributed by atoms with Gasteiger partial charge in [0.2, 0.25) is 10.0 Å². The number of halogens is 1. The van der Waals surface area contributed by atoms with Gasteiger partial charge in [0.05, 0.1) is 4.90 Å². The molecule has 1 aliphatic rings. The molecule has 2 N–H and O–H groups in total. The molecule has 152 valence electrons. The van der Waals surface area contributed by atoms with Crippen LogP contribution in [0.1, 0.15) is 44.7 Å². The maximum atomic E-state index is 12.8. The molecule has 0 radical (unpaired) electrons. The van der Waals surface area contributed by atoms with Crippen molar-refractivity contribution in [3.63, 3.8) is 0 Å². The lowest BCUT2D eigenvalue weighted by Crippen LogP contribution is -2.43. The second-order valence-electron chi connectivity index (χ2n) is 6.91. The van der Waals surface area contributed by atoms with E-state index in [1.807, 2.05) is 6.92 Å². The van der Waals surface area contributed by atoms with Gasteiger partial charge in [0.1, 0.15) is 0 Å². The van der Waals surface area contributed by atoms with Gasteiger partial charge in [-0.2, -0.15) is 0 Å². The van der Waals surface area contributed by atoms with Crippen molar-refractivity contribution in [2.75, 3.05) is 0 Å². The van der Waals surface area contributed by atoms with Gasteiger partial charge in [0.25, 0.3) is 5.56 Å². The average Bonchev–Trinajstić information content (AvgIpc) is 2.63. The molecule has 6 nitrogen and oxygen atoms in total. The zero-order valence-corrected chi connectivity index (χ0v) is 18.0. The zero-order valence-electron chi connectivity index (χ0n) is 15.7. The summed E-state index contributed by atoms with van der Waals surface area (Å²) >= 11 is 7.31. The number of hydrogen-bond donors (Lipinski definition) is 2. The molecule has 1 aromatic carbocycles. The summed E-state index contributed by atoms with van der Waals surface area (Å²) < 4.78 is 28.4. The topological polar surface area (TPSA) is 91.9 Å². The van der Waals surface area contributed by atoms with E-state index in [1.54, 1.807) is 12.1 Å². The van der Waals surface area contributed by atoms with Gasteiger partial charge in [-0.15, -0.1) is 0 Å². The van der Waals surface area contributed by atoms with Gasteiger partial charge in [-0.25, -0.2) is 18.1 Å². The van der Waals surface area contributed by atoms with Gasteiger partial charge in [0.15, 0.2) is 5.16 Å². The van der Waals surface area contributed by atoms with Gasteiger partial charge in [-0.3, -0.25) is 4.79 Å². The van der Waals surface area contributed by atoms with Crippen molar-refractivity contribution < 1.29 is 8.42 Å². The summed E-state index contributed by atoms with van der Waals surface area (Å²) in [5, 5.41) is 1.06. The van der Waals surface area contributed by atoms with Crippen molar-refractivity contribution in [1.29, 1.82) is 0 Å². The molecular formula is C19H24ClN3O3S2. The molecule has 0 spiro atoms. The Morgan fingerprint density at radius 3 is 2.68 bits per heavy atom. The molecule has 1 aliphatic carbocycles. The maximum absolute atomic E-state index is 12.8. The highest BCUT2D eigenvalue weighted by Gasteiger charge is 2.31. The molecule has 1 aromatic heterocycles. The van der Waals surface area contributed by atoms with Crippen LogP contribution in [0.25, 0.3) is 0 Å². The van der Waals surface area contributed by atoms with Crippen LogP contribution in [0.3, 0.4) is 0 Å². The lowest BCUT2D eigenvalue weighted by molar-refractivity contribution is 0.422. The Morgan fingerprint density at radius 1 is 1.25 bits per heavy atom. The highest BCUT2D eigenvalue weighted by Crippen LogP contribution is 2.33. The van der Waals surface area contributed by atoms with E-state index in [4.69, 9.17) is 11.6 Å². The van der Waals surface area contributed by atoms with Crippen LogP contribution in [-0.4, -0.2) is 29.7 Å². The summed E-state index contributed by atoms with van der Waals surface area (Å²) in [6.07, 6.45) is 5.26. The number of aromatic nitrogens is 2. The third-order valence-corrected chi connectivity index (χ3v) is 7.72. The van der Waals surface area contributed by atoms with E-state index in [0.717, 1.165) is 44.2 Å². The fraction of sp³-hybridized carbons (Fsp3) is 0.474. The van der Waals surface area contributed by atoms with E-state index in [0.29, 0.717) is 10.2 Å². The summed E-state index contributed by atoms with van der Waals surface area (Å²) in [7, 11) is -3.64. The monoisotopic (exact) mass is 441 g/mol. The number of aryl methyl sites for hydroxylation is 1. The van der Waals surface area contributed by atoms with Crippen molar-refractivity contribution in [2.24, 2.45) is 0 Å². The molecule has 1 heterocycles. The highest BCUT2D eigenvalue weighted by atomic mass is 35.5. The maximum Gasteiger partial charge on any atom is 0.251 e. The second kappa shape index (κ2) is 9.43. The Balaban J connectivity index is 1.77. The molecule has 0 unspecified atom stereocenters. The number of thioether (sulfide) groups is 1. The Kier molecular flexibility index (Phi) is 7.20. The second-order valence-corrected chi connectivity index (χ2v) is 10.3. The molecule has 0 bridgehead atoms. The number of aromatic amines is 1. The van der Waals surface area contributed by atoms with Gasteiger partial charge >= 0.3 is 0 Å². The molecule has 0 aliphatic heterocycles. The molecule has 0 saturated heterocycles. The number of nitrogens with one attached hydrogen (secondary N) is 2. The molecule has 3 rings (SSSR count). The normalized spacial score (nSPS) is 20.2. The third kappa shape index (κ3) is 5.59. The van der Waals surface area contributed by atoms with E-state index >= 15 is 0 Å². The molecule has 0 amide bonds. The van der Waals surface area contributed by atoms with Crippen LogP contribution in [0.4, 0.5) is 0 Å². The molecule has 2 atom stereocenters. The van der Waals surface area contributed by atoms with E-state index < -0.39 is 10.0 Å². The minimum atomic E-state index is -3.64. The van der Waals surface area contributed by atoms with Crippen molar-refractivity contribution in [1.82, 2.24) is 14.7 Å². The molecular weight excluding hydrogens is 418 g/mol. The summed E-state index contributed by atoms with van der Waals surface area (Å²) in [6.45, 7) is 2.04. The smallest absolute Gasteiger partial charge is 0.251 e. The van der Waals surface area contributed by atoms with Crippen LogP contribution in [-0.2, 0) is 16.4 Å². The van der Waals surface area contributed by atoms with Crippen LogP contribution >= 0.6 is 23.4 Å². The standard InChI is InChI=1S/C19H24ClN3O3S2/c1-2-5-14-12-18(24)22-19(21-14)27-17-7-4-3-6-16(17)23-28(25,26)15-10-8-13(20)9-11-15/h8-12,16-17,23H,2-7H2,1H3,(H,21,22,24)/t16-,17-/m0/s1. The molecule has 9 heteroatoms. The molecule has 1 fully saturated rings. The molecule has 2 aromatic rings. The fourth-order valence-electron chi connectivity index (χ4n) is 3.32. The Morgan fingerprint density at radius 2 is 1.96 bits per heavy atom. The first-order valence-electron chi connectivity index (χ1n) is 9.42. The molecule has 1 saturated carbocycles. The number of benzene rings is 1. The largest absolute Gasteiger partial charge is 0.301 e. The number of nitrogens with zero attached hydrogens (tertiary/aromatic N) is 1. The first kappa shape index (κ1) is 21.4. The third-order valence-electron chi connectivity index (χ3n) is 4.68. The van der Waals surface area contributed by atoms with Crippen molar-refractivity contribution in [2.45, 2.75) is 66.8 Å². The van der Waals surface area contributed by atoms with E-state index in [1.165, 1.54) is 30.0 Å². The van der Waals surface area contributed by atoms with Gasteiger partial charge < -0.3 is 4.98 Å². The Hall–Kier alpha value is -1.35.